The van der Waals surface area contributed by atoms with Crippen LogP contribution in [0.5, 0.6) is 0 Å². The van der Waals surface area contributed by atoms with Gasteiger partial charge in [0.05, 0.1) is 24.9 Å². The maximum Gasteiger partial charge on any atom is 0.349 e. The lowest BCUT2D eigenvalue weighted by Gasteiger charge is -2.38. The minimum absolute atomic E-state index is 0.00944. The maximum absolute atomic E-state index is 12.6. The fourth-order valence-corrected chi connectivity index (χ4v) is 3.17. The minimum atomic E-state index is -1.31. The number of ether oxygens (including phenoxy) is 1. The molecule has 0 spiro atoms. The van der Waals surface area contributed by atoms with E-state index in [1.165, 1.54) is 21.5 Å². The van der Waals surface area contributed by atoms with Gasteiger partial charge in [-0.05, 0) is 18.1 Å². The topological polar surface area (TPSA) is 158 Å². The Balaban J connectivity index is 1.65. The molecule has 1 fully saturated rings. The summed E-state index contributed by atoms with van der Waals surface area (Å²) in [5, 5.41) is 27.9. The summed E-state index contributed by atoms with van der Waals surface area (Å²) in [5.41, 5.74) is 6.00. The molecule has 0 bridgehead atoms. The monoisotopic (exact) mass is 406 g/mol. The molecule has 29 heavy (non-hydrogen) atoms. The molecule has 11 heteroatoms. The fourth-order valence-electron chi connectivity index (χ4n) is 3.17. The number of aryl methyl sites for hydroxylation is 1. The van der Waals surface area contributed by atoms with Gasteiger partial charge in [0, 0.05) is 13.2 Å². The first-order chi connectivity index (χ1) is 13.7. The Hall–Kier alpha value is -2.76. The van der Waals surface area contributed by atoms with Crippen molar-refractivity contribution in [3.05, 3.63) is 40.2 Å². The first-order valence-electron chi connectivity index (χ1n) is 9.33. The third-order valence-electron chi connectivity index (χ3n) is 4.94. The Morgan fingerprint density at radius 2 is 2.14 bits per heavy atom. The molecule has 2 aromatic heterocycles. The smallest absolute Gasteiger partial charge is 0.349 e. The van der Waals surface area contributed by atoms with Crippen LogP contribution >= 0.6 is 0 Å². The molecule has 1 aliphatic rings. The highest BCUT2D eigenvalue weighted by Crippen LogP contribution is 2.18. The molecule has 1 aliphatic heterocycles. The van der Waals surface area contributed by atoms with Crippen LogP contribution in [-0.4, -0.2) is 66.4 Å². The summed E-state index contributed by atoms with van der Waals surface area (Å²) in [5.74, 6) is -0.167. The number of nitrogen functional groups attached to an aromatic ring is 1. The average Bonchev–Trinajstić information content (AvgIpc) is 3.05. The maximum atomic E-state index is 12.6. The number of nitrogens with one attached hydrogen (secondary N) is 1. The summed E-state index contributed by atoms with van der Waals surface area (Å²) < 4.78 is 8.31. The predicted molar refractivity (Wildman–Crippen MR) is 103 cm³/mol. The quantitative estimate of drug-likeness (QED) is 0.472. The number of hydrogen-bond acceptors (Lipinski definition) is 8. The molecule has 0 aromatic carbocycles. The van der Waals surface area contributed by atoms with Crippen LogP contribution in [0.2, 0.25) is 0 Å². The molecule has 3 heterocycles. The normalized spacial score (nSPS) is 24.6. The molecular formula is C18H26N6O5. The van der Waals surface area contributed by atoms with E-state index in [0.717, 1.165) is 5.69 Å². The summed E-state index contributed by atoms with van der Waals surface area (Å²) >= 11 is 0. The van der Waals surface area contributed by atoms with Crippen LogP contribution in [0.1, 0.15) is 35.9 Å². The van der Waals surface area contributed by atoms with Gasteiger partial charge in [-0.2, -0.15) is 10.1 Å². The standard InChI is InChI=1S/C18H26N6O5/c1-9(2)10-6-12(23(3)22-10)17(27)20-11-8-29-13(16(26)15(11)25)7-24-5-4-14(19)21-18(24)28/h4-6,9,11,13,15-16,25-26H,7-8H2,1-3H3,(H,20,27)(H2,19,21,28)/t11-,13-,15+,16-/m1/s1. The van der Waals surface area contributed by atoms with Crippen LogP contribution in [0.4, 0.5) is 5.82 Å². The van der Waals surface area contributed by atoms with Gasteiger partial charge < -0.3 is 26.0 Å². The largest absolute Gasteiger partial charge is 0.388 e. The first-order valence-corrected chi connectivity index (χ1v) is 9.33. The van der Waals surface area contributed by atoms with Crippen LogP contribution in [0.25, 0.3) is 0 Å². The molecule has 4 atom stereocenters. The van der Waals surface area contributed by atoms with E-state index in [2.05, 4.69) is 15.4 Å². The van der Waals surface area contributed by atoms with Crippen molar-refractivity contribution in [3.8, 4) is 0 Å². The van der Waals surface area contributed by atoms with Crippen LogP contribution in [0.15, 0.2) is 23.1 Å². The van der Waals surface area contributed by atoms with Crippen molar-refractivity contribution >= 4 is 11.7 Å². The summed E-state index contributed by atoms with van der Waals surface area (Å²) in [4.78, 5) is 28.1. The molecule has 0 unspecified atom stereocenters. The number of nitrogens with two attached hydrogens (primary N) is 1. The fraction of sp³-hybridized carbons (Fsp3) is 0.556. The number of hydrogen-bond donors (Lipinski definition) is 4. The lowest BCUT2D eigenvalue weighted by molar-refractivity contribution is -0.152. The number of anilines is 1. The Labute approximate surface area is 167 Å². The second-order valence-corrected chi connectivity index (χ2v) is 7.45. The van der Waals surface area contributed by atoms with Crippen molar-refractivity contribution in [2.75, 3.05) is 12.3 Å². The molecule has 1 saturated heterocycles. The minimum Gasteiger partial charge on any atom is -0.388 e. The SMILES string of the molecule is CC(C)c1cc(C(=O)N[C@@H]2CO[C@H](Cn3ccc(N)nc3=O)[C@@H](O)[C@H]2O)n(C)n1. The molecule has 3 rings (SSSR count). The van der Waals surface area contributed by atoms with Crippen molar-refractivity contribution in [2.45, 2.75) is 50.7 Å². The highest BCUT2D eigenvalue weighted by molar-refractivity contribution is 5.93. The lowest BCUT2D eigenvalue weighted by atomic mass is 9.97. The molecule has 2 aromatic rings. The van der Waals surface area contributed by atoms with Crippen molar-refractivity contribution in [1.29, 1.82) is 0 Å². The van der Waals surface area contributed by atoms with E-state index in [1.54, 1.807) is 13.1 Å². The molecule has 0 radical (unpaired) electrons. The van der Waals surface area contributed by atoms with Gasteiger partial charge in [0.15, 0.2) is 0 Å². The van der Waals surface area contributed by atoms with E-state index in [-0.39, 0.29) is 24.9 Å². The number of rotatable bonds is 5. The van der Waals surface area contributed by atoms with Gasteiger partial charge in [-0.1, -0.05) is 13.8 Å². The summed E-state index contributed by atoms with van der Waals surface area (Å²) in [6.45, 7) is 3.91. The van der Waals surface area contributed by atoms with Gasteiger partial charge >= 0.3 is 5.69 Å². The van der Waals surface area contributed by atoms with E-state index >= 15 is 0 Å². The number of aromatic nitrogens is 4. The summed E-state index contributed by atoms with van der Waals surface area (Å²) in [6.07, 6.45) is -1.98. The zero-order valence-corrected chi connectivity index (χ0v) is 16.5. The Morgan fingerprint density at radius 1 is 1.41 bits per heavy atom. The Bertz CT molecular complexity index is 939. The highest BCUT2D eigenvalue weighted by atomic mass is 16.5. The van der Waals surface area contributed by atoms with Crippen molar-refractivity contribution in [2.24, 2.45) is 7.05 Å². The second kappa shape index (κ2) is 8.31. The molecule has 11 nitrogen and oxygen atoms in total. The summed E-state index contributed by atoms with van der Waals surface area (Å²) in [6, 6.07) is 2.33. The number of carbonyl (C=O) groups excluding carboxylic acids is 1. The van der Waals surface area contributed by atoms with Gasteiger partial charge in [0.25, 0.3) is 5.91 Å². The molecule has 0 saturated carbocycles. The van der Waals surface area contributed by atoms with Crippen LogP contribution in [0.3, 0.4) is 0 Å². The molecule has 1 amide bonds. The zero-order valence-electron chi connectivity index (χ0n) is 16.5. The van der Waals surface area contributed by atoms with Gasteiger partial charge in [-0.3, -0.25) is 14.0 Å². The van der Waals surface area contributed by atoms with Gasteiger partial charge in [-0.25, -0.2) is 4.79 Å². The Kier molecular flexibility index (Phi) is 6.01. The Morgan fingerprint density at radius 3 is 2.76 bits per heavy atom. The number of nitrogens with zero attached hydrogens (tertiary/aromatic N) is 4. The van der Waals surface area contributed by atoms with Gasteiger partial charge in [0.2, 0.25) is 0 Å². The van der Waals surface area contributed by atoms with E-state index in [4.69, 9.17) is 10.5 Å². The van der Waals surface area contributed by atoms with E-state index in [9.17, 15) is 19.8 Å². The third-order valence-corrected chi connectivity index (χ3v) is 4.94. The number of aliphatic hydroxyl groups excluding tert-OH is 2. The molecular weight excluding hydrogens is 380 g/mol. The highest BCUT2D eigenvalue weighted by Gasteiger charge is 2.39. The van der Waals surface area contributed by atoms with Crippen LogP contribution in [-0.2, 0) is 18.3 Å². The average molecular weight is 406 g/mol. The van der Waals surface area contributed by atoms with E-state index < -0.39 is 36.0 Å². The first kappa shape index (κ1) is 21.0. The molecule has 5 N–H and O–H groups in total. The molecule has 0 aliphatic carbocycles. The number of aliphatic hydroxyl groups is 2. The number of carbonyl (C=O) groups is 1. The van der Waals surface area contributed by atoms with Gasteiger partial charge in [-0.15, -0.1) is 0 Å². The molecule has 158 valence electrons. The zero-order chi connectivity index (χ0) is 21.3. The van der Waals surface area contributed by atoms with Crippen LogP contribution in [0, 0.1) is 0 Å². The number of amides is 1. The lowest BCUT2D eigenvalue weighted by Crippen LogP contribution is -2.60. The van der Waals surface area contributed by atoms with Crippen molar-refractivity contribution < 1.29 is 19.7 Å². The van der Waals surface area contributed by atoms with Gasteiger partial charge in [0.1, 0.15) is 29.8 Å². The summed E-state index contributed by atoms with van der Waals surface area (Å²) in [7, 11) is 1.66. The third kappa shape index (κ3) is 4.47. The van der Waals surface area contributed by atoms with E-state index in [1.807, 2.05) is 13.8 Å². The second-order valence-electron chi connectivity index (χ2n) is 7.45. The van der Waals surface area contributed by atoms with Crippen molar-refractivity contribution in [3.63, 3.8) is 0 Å². The van der Waals surface area contributed by atoms with E-state index in [0.29, 0.717) is 5.69 Å². The van der Waals surface area contributed by atoms with Crippen molar-refractivity contribution in [1.82, 2.24) is 24.6 Å². The van der Waals surface area contributed by atoms with Crippen LogP contribution < -0.4 is 16.7 Å². The predicted octanol–water partition coefficient (Wildman–Crippen LogP) is -1.40.